The van der Waals surface area contributed by atoms with Crippen LogP contribution in [-0.4, -0.2) is 64.6 Å². The molecule has 1 aliphatic rings. The smallest absolute Gasteiger partial charge is 0.317 e. The second kappa shape index (κ2) is 8.75. The predicted molar refractivity (Wildman–Crippen MR) is 122 cm³/mol. The van der Waals surface area contributed by atoms with Gasteiger partial charge >= 0.3 is 5.97 Å². The first-order chi connectivity index (χ1) is 14.9. The lowest BCUT2D eigenvalue weighted by Gasteiger charge is -2.35. The molecule has 0 amide bonds. The van der Waals surface area contributed by atoms with Gasteiger partial charge in [-0.25, -0.2) is 9.97 Å². The third-order valence-corrected chi connectivity index (χ3v) is 5.35. The van der Waals surface area contributed by atoms with E-state index in [1.54, 1.807) is 12.1 Å². The van der Waals surface area contributed by atoms with Gasteiger partial charge in [-0.2, -0.15) is 4.99 Å². The molecular formula is C21H22ClN7O2. The van der Waals surface area contributed by atoms with E-state index in [2.05, 4.69) is 19.9 Å². The number of rotatable bonds is 5. The zero-order valence-corrected chi connectivity index (χ0v) is 17.5. The van der Waals surface area contributed by atoms with Crippen molar-refractivity contribution in [2.24, 2.45) is 16.5 Å². The molecule has 0 saturated carbocycles. The van der Waals surface area contributed by atoms with Crippen molar-refractivity contribution in [3.63, 3.8) is 0 Å². The van der Waals surface area contributed by atoms with Crippen LogP contribution in [0.1, 0.15) is 0 Å². The minimum atomic E-state index is -0.796. The van der Waals surface area contributed by atoms with E-state index in [1.165, 1.54) is 0 Å². The van der Waals surface area contributed by atoms with Crippen LogP contribution in [0.4, 0.5) is 11.6 Å². The molecule has 160 valence electrons. The molecule has 0 radical (unpaired) electrons. The van der Waals surface area contributed by atoms with Crippen LogP contribution in [0.5, 0.6) is 0 Å². The molecule has 1 aromatic heterocycles. The third-order valence-electron chi connectivity index (χ3n) is 5.11. The summed E-state index contributed by atoms with van der Waals surface area (Å²) in [5.41, 5.74) is 14.3. The standard InChI is InChI=1S/C21H22ClN7O2/c22-14-3-6-17-16(11-14)19(26-21(25-17)27-20(23)24)13-1-4-15(5-2-13)29-9-7-28(8-10-29)12-18(30)31/h1-6,11H,7-10,12H2,(H,30,31)(H4,23,24,25,26,27). The number of anilines is 1. The van der Waals surface area contributed by atoms with E-state index < -0.39 is 5.97 Å². The van der Waals surface area contributed by atoms with E-state index in [4.69, 9.17) is 28.2 Å². The Labute approximate surface area is 184 Å². The zero-order chi connectivity index (χ0) is 22.0. The summed E-state index contributed by atoms with van der Waals surface area (Å²) in [4.78, 5) is 28.0. The average Bonchev–Trinajstić information content (AvgIpc) is 2.73. The molecule has 5 N–H and O–H groups in total. The van der Waals surface area contributed by atoms with E-state index >= 15 is 0 Å². The molecule has 31 heavy (non-hydrogen) atoms. The molecular weight excluding hydrogens is 418 g/mol. The summed E-state index contributed by atoms with van der Waals surface area (Å²) in [7, 11) is 0. The number of carboxylic acids is 1. The normalized spacial score (nSPS) is 14.5. The lowest BCUT2D eigenvalue weighted by Crippen LogP contribution is -2.47. The summed E-state index contributed by atoms with van der Waals surface area (Å²) < 4.78 is 0. The Morgan fingerprint density at radius 2 is 1.77 bits per heavy atom. The molecule has 3 aromatic rings. The third kappa shape index (κ3) is 4.84. The van der Waals surface area contributed by atoms with E-state index in [0.717, 1.165) is 29.7 Å². The number of halogens is 1. The number of hydrogen-bond acceptors (Lipinski definition) is 6. The van der Waals surface area contributed by atoms with Gasteiger partial charge in [-0.1, -0.05) is 23.7 Å². The van der Waals surface area contributed by atoms with Gasteiger partial charge in [0.1, 0.15) is 0 Å². The molecule has 2 heterocycles. The first-order valence-electron chi connectivity index (χ1n) is 9.75. The molecule has 0 spiro atoms. The minimum Gasteiger partial charge on any atom is -0.480 e. The molecule has 10 heteroatoms. The fourth-order valence-corrected chi connectivity index (χ4v) is 3.83. The van der Waals surface area contributed by atoms with E-state index in [1.807, 2.05) is 35.2 Å². The molecule has 1 fully saturated rings. The maximum absolute atomic E-state index is 10.9. The Balaban J connectivity index is 1.62. The molecule has 4 rings (SSSR count). The van der Waals surface area contributed by atoms with Gasteiger partial charge in [-0.15, -0.1) is 0 Å². The van der Waals surface area contributed by atoms with Crippen LogP contribution in [0.25, 0.3) is 22.2 Å². The lowest BCUT2D eigenvalue weighted by molar-refractivity contribution is -0.138. The topological polar surface area (TPSA) is 134 Å². The highest BCUT2D eigenvalue weighted by molar-refractivity contribution is 6.31. The molecule has 1 aliphatic heterocycles. The predicted octanol–water partition coefficient (Wildman–Crippen LogP) is 2.06. The number of aliphatic carboxylic acids is 1. The second-order valence-electron chi connectivity index (χ2n) is 7.27. The van der Waals surface area contributed by atoms with Crippen molar-refractivity contribution in [1.29, 1.82) is 0 Å². The number of benzene rings is 2. The van der Waals surface area contributed by atoms with Crippen LogP contribution in [0.15, 0.2) is 47.5 Å². The highest BCUT2D eigenvalue weighted by Gasteiger charge is 2.19. The number of piperazine rings is 1. The molecule has 0 aliphatic carbocycles. The van der Waals surface area contributed by atoms with Gasteiger partial charge < -0.3 is 21.5 Å². The van der Waals surface area contributed by atoms with Gasteiger partial charge in [0.15, 0.2) is 5.96 Å². The van der Waals surface area contributed by atoms with E-state index in [0.29, 0.717) is 29.3 Å². The largest absolute Gasteiger partial charge is 0.480 e. The van der Waals surface area contributed by atoms with Gasteiger partial charge in [-0.3, -0.25) is 9.69 Å². The number of fused-ring (bicyclic) bond motifs is 1. The second-order valence-corrected chi connectivity index (χ2v) is 7.71. The summed E-state index contributed by atoms with van der Waals surface area (Å²) >= 11 is 6.20. The van der Waals surface area contributed by atoms with Gasteiger partial charge in [-0.05, 0) is 30.3 Å². The monoisotopic (exact) mass is 439 g/mol. The van der Waals surface area contributed by atoms with Crippen molar-refractivity contribution in [3.05, 3.63) is 47.5 Å². The van der Waals surface area contributed by atoms with Crippen molar-refractivity contribution in [3.8, 4) is 11.3 Å². The number of carbonyl (C=O) groups is 1. The van der Waals surface area contributed by atoms with Crippen molar-refractivity contribution >= 4 is 46.1 Å². The van der Waals surface area contributed by atoms with Gasteiger partial charge in [0.05, 0.1) is 17.8 Å². The van der Waals surface area contributed by atoms with Gasteiger partial charge in [0.25, 0.3) is 5.95 Å². The Kier molecular flexibility index (Phi) is 5.88. The van der Waals surface area contributed by atoms with E-state index in [9.17, 15) is 4.79 Å². The van der Waals surface area contributed by atoms with E-state index in [-0.39, 0.29) is 18.5 Å². The van der Waals surface area contributed by atoms with Gasteiger partial charge in [0.2, 0.25) is 0 Å². The molecule has 0 atom stereocenters. The maximum atomic E-state index is 10.9. The van der Waals surface area contributed by atoms with Crippen molar-refractivity contribution in [2.75, 3.05) is 37.6 Å². The molecule has 9 nitrogen and oxygen atoms in total. The molecule has 0 unspecified atom stereocenters. The Morgan fingerprint density at radius 1 is 1.06 bits per heavy atom. The molecule has 2 aromatic carbocycles. The van der Waals surface area contributed by atoms with Crippen molar-refractivity contribution < 1.29 is 9.90 Å². The summed E-state index contributed by atoms with van der Waals surface area (Å²) in [6.45, 7) is 3.05. The zero-order valence-electron chi connectivity index (χ0n) is 16.7. The summed E-state index contributed by atoms with van der Waals surface area (Å²) in [6, 6.07) is 13.4. The number of aliphatic imine (C=N–C) groups is 1. The molecule has 0 bridgehead atoms. The van der Waals surface area contributed by atoms with Crippen LogP contribution >= 0.6 is 11.6 Å². The van der Waals surface area contributed by atoms with Gasteiger partial charge in [0, 0.05) is 47.8 Å². The summed E-state index contributed by atoms with van der Waals surface area (Å²) in [5.74, 6) is -0.727. The first-order valence-corrected chi connectivity index (χ1v) is 10.1. The van der Waals surface area contributed by atoms with Crippen molar-refractivity contribution in [2.45, 2.75) is 0 Å². The summed E-state index contributed by atoms with van der Waals surface area (Å²) in [6.07, 6.45) is 0. The quantitative estimate of drug-likeness (QED) is 0.406. The minimum absolute atomic E-state index is 0.0776. The highest BCUT2D eigenvalue weighted by atomic mass is 35.5. The van der Waals surface area contributed by atoms with Crippen LogP contribution in [0.2, 0.25) is 5.02 Å². The van der Waals surface area contributed by atoms with Crippen LogP contribution < -0.4 is 16.4 Å². The molecule has 1 saturated heterocycles. The van der Waals surface area contributed by atoms with Crippen LogP contribution in [0, 0.1) is 0 Å². The Hall–Kier alpha value is -3.43. The Bertz CT molecular complexity index is 1140. The number of carboxylic acid groups (broad SMARTS) is 1. The van der Waals surface area contributed by atoms with Crippen molar-refractivity contribution in [1.82, 2.24) is 14.9 Å². The number of hydrogen-bond donors (Lipinski definition) is 3. The summed E-state index contributed by atoms with van der Waals surface area (Å²) in [5, 5.41) is 10.3. The fourth-order valence-electron chi connectivity index (χ4n) is 3.66. The number of aromatic nitrogens is 2. The fraction of sp³-hybridized carbons (Fsp3) is 0.238. The average molecular weight is 440 g/mol. The highest BCUT2D eigenvalue weighted by Crippen LogP contribution is 2.31. The Morgan fingerprint density at radius 3 is 2.42 bits per heavy atom. The number of guanidine groups is 1. The number of nitrogens with two attached hydrogens (primary N) is 2. The lowest BCUT2D eigenvalue weighted by atomic mass is 10.1. The van der Waals surface area contributed by atoms with Crippen LogP contribution in [0.3, 0.4) is 0 Å². The SMILES string of the molecule is NC(N)=Nc1nc(-c2ccc(N3CCN(CC(=O)O)CC3)cc2)c2cc(Cl)ccc2n1. The first kappa shape index (κ1) is 20.8. The maximum Gasteiger partial charge on any atom is 0.317 e. The number of nitrogens with zero attached hydrogens (tertiary/aromatic N) is 5. The van der Waals surface area contributed by atoms with Crippen LogP contribution in [-0.2, 0) is 4.79 Å².